The van der Waals surface area contributed by atoms with Gasteiger partial charge < -0.3 is 24.8 Å². The van der Waals surface area contributed by atoms with Crippen LogP contribution in [0.1, 0.15) is 12.0 Å². The molecule has 1 nitrogen and oxygen atoms in total. The number of rotatable bonds is 3. The molecule has 0 atom stereocenters. The van der Waals surface area contributed by atoms with E-state index in [0.29, 0.717) is 0 Å². The maximum atomic E-state index is 6.16. The zero-order valence-electron chi connectivity index (χ0n) is 11.3. The predicted molar refractivity (Wildman–Crippen MR) is 71.1 cm³/mol. The topological polar surface area (TPSA) is 9.23 Å². The van der Waals surface area contributed by atoms with Gasteiger partial charge in [-0.25, -0.2) is 0 Å². The molecule has 1 aliphatic rings. The molecule has 0 heterocycles. The van der Waals surface area contributed by atoms with E-state index in [9.17, 15) is 0 Å². The van der Waals surface area contributed by atoms with E-state index in [-0.39, 0.29) is 24.8 Å². The van der Waals surface area contributed by atoms with Crippen molar-refractivity contribution in [1.82, 2.24) is 0 Å². The Kier molecular flexibility index (Phi) is 7.71. The molecule has 0 fully saturated rings. The second-order valence-corrected chi connectivity index (χ2v) is 10.6. The van der Waals surface area contributed by atoms with Crippen molar-refractivity contribution in [3.63, 3.8) is 0 Å². The fraction of sp³-hybridized carbons (Fsp3) is 0.286. The molecule has 0 aromatic heterocycles. The van der Waals surface area contributed by atoms with Gasteiger partial charge in [-0.15, -0.1) is 0 Å². The van der Waals surface area contributed by atoms with Gasteiger partial charge in [-0.2, -0.15) is 0 Å². The van der Waals surface area contributed by atoms with Crippen molar-refractivity contribution in [1.29, 1.82) is 0 Å². The Hall–Kier alpha value is 0.0112. The van der Waals surface area contributed by atoms with E-state index in [0.717, 1.165) is 12.2 Å². The maximum Gasteiger partial charge on any atom is -1.00 e. The van der Waals surface area contributed by atoms with Crippen LogP contribution in [0.2, 0.25) is 19.6 Å². The summed E-state index contributed by atoms with van der Waals surface area (Å²) in [6.45, 7) is 6.65. The number of halogens is 2. The van der Waals surface area contributed by atoms with Gasteiger partial charge in [-0.05, 0) is 0 Å². The van der Waals surface area contributed by atoms with Gasteiger partial charge in [0.05, 0.1) is 0 Å². The SMILES string of the molecule is C[Si](C)(C)Oc1ccccc1C1=[C]([Ti+2])CC=C1.[Cl-].[Cl-]. The Morgan fingerprint density at radius 1 is 1.11 bits per heavy atom. The summed E-state index contributed by atoms with van der Waals surface area (Å²) >= 11 is 2.20. The fourth-order valence-electron chi connectivity index (χ4n) is 1.87. The van der Waals surface area contributed by atoms with E-state index in [2.05, 4.69) is 70.4 Å². The molecule has 0 amide bonds. The molecule has 19 heavy (non-hydrogen) atoms. The molecule has 5 heteroatoms. The third kappa shape index (κ3) is 5.13. The van der Waals surface area contributed by atoms with Gasteiger partial charge in [-0.3, -0.25) is 0 Å². The third-order valence-electron chi connectivity index (χ3n) is 2.52. The second-order valence-electron chi connectivity index (χ2n) is 5.21. The smallest absolute Gasteiger partial charge is 1.00 e. The van der Waals surface area contributed by atoms with Crippen LogP contribution >= 0.6 is 0 Å². The van der Waals surface area contributed by atoms with Gasteiger partial charge in [0.2, 0.25) is 0 Å². The Balaban J connectivity index is 0.00000162. The van der Waals surface area contributed by atoms with Gasteiger partial charge in [0.15, 0.2) is 0 Å². The van der Waals surface area contributed by atoms with Crippen molar-refractivity contribution in [3.05, 3.63) is 45.9 Å². The first kappa shape index (κ1) is 19.0. The second kappa shape index (κ2) is 7.70. The van der Waals surface area contributed by atoms with Crippen molar-refractivity contribution >= 4 is 13.9 Å². The minimum atomic E-state index is -1.55. The molecule has 0 N–H and O–H groups in total. The van der Waals surface area contributed by atoms with Crippen LogP contribution in [0, 0.1) is 0 Å². The molecule has 0 spiro atoms. The number of hydrogen-bond donors (Lipinski definition) is 0. The average Bonchev–Trinajstić information content (AvgIpc) is 2.63. The standard InChI is InChI=1S/C14H17OSi.2ClH.Ti/c1-16(2,3)15-14-11-7-6-10-13(14)12-8-4-5-9-12;;;/h4,6-8,10-11H,5H2,1-3H3;2*1H;/q;;;+2/p-2. The molecule has 0 aliphatic heterocycles. The largest absolute Gasteiger partial charge is 1.00 e. The molecular weight excluding hydrogens is 331 g/mol. The van der Waals surface area contributed by atoms with E-state index in [1.165, 1.54) is 15.0 Å². The zero-order valence-corrected chi connectivity index (χ0v) is 15.4. The normalized spacial score (nSPS) is 13.9. The van der Waals surface area contributed by atoms with Crippen LogP contribution in [0.3, 0.4) is 0 Å². The first-order valence-corrected chi connectivity index (χ1v) is 10.1. The number of benzene rings is 1. The molecule has 2 rings (SSSR count). The summed E-state index contributed by atoms with van der Waals surface area (Å²) in [5.41, 5.74) is 2.57. The molecule has 0 radical (unpaired) electrons. The Morgan fingerprint density at radius 3 is 2.26 bits per heavy atom. The van der Waals surface area contributed by atoms with Gasteiger partial charge in [-0.1, -0.05) is 0 Å². The van der Waals surface area contributed by atoms with Crippen LogP contribution in [0.15, 0.2) is 40.3 Å². The van der Waals surface area contributed by atoms with E-state index in [4.69, 9.17) is 4.43 Å². The molecule has 0 saturated heterocycles. The van der Waals surface area contributed by atoms with Crippen molar-refractivity contribution < 1.29 is 49.7 Å². The molecule has 0 saturated carbocycles. The van der Waals surface area contributed by atoms with Crippen LogP contribution < -0.4 is 29.2 Å². The molecule has 0 bridgehead atoms. The minimum Gasteiger partial charge on any atom is -1.00 e. The summed E-state index contributed by atoms with van der Waals surface area (Å²) in [4.78, 5) is 0. The number of allylic oxidation sites excluding steroid dienone is 4. The molecule has 101 valence electrons. The van der Waals surface area contributed by atoms with Gasteiger partial charge in [0.25, 0.3) is 0 Å². The van der Waals surface area contributed by atoms with E-state index in [1.807, 2.05) is 6.07 Å². The van der Waals surface area contributed by atoms with Gasteiger partial charge >= 0.3 is 116 Å². The van der Waals surface area contributed by atoms with E-state index >= 15 is 0 Å². The van der Waals surface area contributed by atoms with Crippen LogP contribution in [0.4, 0.5) is 0 Å². The quantitative estimate of drug-likeness (QED) is 0.582. The monoisotopic (exact) mass is 347 g/mol. The predicted octanol–water partition coefficient (Wildman–Crippen LogP) is -1.87. The van der Waals surface area contributed by atoms with E-state index in [1.54, 1.807) is 0 Å². The van der Waals surface area contributed by atoms with Crippen molar-refractivity contribution in [2.24, 2.45) is 0 Å². The Morgan fingerprint density at radius 2 is 1.74 bits per heavy atom. The molecule has 1 aliphatic carbocycles. The van der Waals surface area contributed by atoms with Crippen LogP contribution in [0.25, 0.3) is 5.57 Å². The van der Waals surface area contributed by atoms with Crippen molar-refractivity contribution in [3.8, 4) is 5.75 Å². The van der Waals surface area contributed by atoms with Crippen LogP contribution in [-0.4, -0.2) is 8.32 Å². The first-order valence-electron chi connectivity index (χ1n) is 5.87. The maximum absolute atomic E-state index is 6.16. The summed E-state index contributed by atoms with van der Waals surface area (Å²) in [5.74, 6) is 1.03. The first-order chi connectivity index (χ1) is 7.97. The van der Waals surface area contributed by atoms with Crippen LogP contribution in [-0.2, 0) is 20.4 Å². The van der Waals surface area contributed by atoms with Crippen LogP contribution in [0.5, 0.6) is 5.75 Å². The summed E-state index contributed by atoms with van der Waals surface area (Å²) in [5, 5.41) is 0. The Bertz CT molecular complexity index is 492. The number of hydrogen-bond acceptors (Lipinski definition) is 1. The summed E-state index contributed by atoms with van der Waals surface area (Å²) < 4.78 is 7.59. The molecule has 1 aromatic rings. The fourth-order valence-corrected chi connectivity index (χ4v) is 3.23. The summed E-state index contributed by atoms with van der Waals surface area (Å²) in [6, 6.07) is 8.37. The summed E-state index contributed by atoms with van der Waals surface area (Å²) in [7, 11) is -1.55. The van der Waals surface area contributed by atoms with Crippen molar-refractivity contribution in [2.45, 2.75) is 26.1 Å². The third-order valence-corrected chi connectivity index (χ3v) is 4.10. The minimum absolute atomic E-state index is 0. The molecule has 0 unspecified atom stereocenters. The van der Waals surface area contributed by atoms with Gasteiger partial charge in [0, 0.05) is 0 Å². The summed E-state index contributed by atoms with van der Waals surface area (Å²) in [6.07, 6.45) is 5.49. The number of para-hydroxylation sites is 1. The van der Waals surface area contributed by atoms with Crippen molar-refractivity contribution in [2.75, 3.05) is 0 Å². The molecular formula is C14H17Cl2OSiTi. The zero-order chi connectivity index (χ0) is 12.5. The Labute approximate surface area is 140 Å². The van der Waals surface area contributed by atoms with E-state index < -0.39 is 8.32 Å². The average molecular weight is 348 g/mol. The van der Waals surface area contributed by atoms with Gasteiger partial charge in [0.1, 0.15) is 0 Å². The molecule has 1 aromatic carbocycles.